The van der Waals surface area contributed by atoms with Crippen LogP contribution in [-0.4, -0.2) is 47.2 Å². The lowest BCUT2D eigenvalue weighted by Gasteiger charge is -2.16. The smallest absolute Gasteiger partial charge is 0.302 e. The Bertz CT molecular complexity index is 610. The van der Waals surface area contributed by atoms with Crippen molar-refractivity contribution in [1.29, 1.82) is 0 Å². The second kappa shape index (κ2) is 9.10. The predicted molar refractivity (Wildman–Crippen MR) is 110 cm³/mol. The first-order valence-electron chi connectivity index (χ1n) is 10.5. The van der Waals surface area contributed by atoms with E-state index in [0.717, 1.165) is 36.8 Å². The second-order valence-corrected chi connectivity index (χ2v) is 9.20. The summed E-state index contributed by atoms with van der Waals surface area (Å²) < 4.78 is 16.7. The van der Waals surface area contributed by atoms with Gasteiger partial charge in [-0.2, -0.15) is 0 Å². The SMILES string of the molecule is C=C(C[C@@H](O)/C(C)=C/CC[C@]1(C)O[C@@H]1CC[C@@]1(C)O[C@@H]1COC(C)=O)C(C)C. The Kier molecular flexibility index (Phi) is 7.51. The van der Waals surface area contributed by atoms with Crippen molar-refractivity contribution in [3.05, 3.63) is 23.8 Å². The minimum absolute atomic E-state index is 0.00840. The lowest BCUT2D eigenvalue weighted by atomic mass is 9.92. The predicted octanol–water partition coefficient (Wildman–Crippen LogP) is 4.33. The van der Waals surface area contributed by atoms with Gasteiger partial charge >= 0.3 is 5.97 Å². The van der Waals surface area contributed by atoms with Gasteiger partial charge in [0.25, 0.3) is 0 Å². The summed E-state index contributed by atoms with van der Waals surface area (Å²) in [5.74, 6) is 0.130. The molecule has 0 bridgehead atoms. The molecule has 0 aromatic rings. The number of carbonyl (C=O) groups excluding carboxylic acids is 1. The van der Waals surface area contributed by atoms with Crippen LogP contribution in [0, 0.1) is 5.92 Å². The van der Waals surface area contributed by atoms with Crippen molar-refractivity contribution in [2.75, 3.05) is 6.61 Å². The molecule has 2 saturated heterocycles. The van der Waals surface area contributed by atoms with Crippen LogP contribution in [0.15, 0.2) is 23.8 Å². The number of hydrogen-bond acceptors (Lipinski definition) is 5. The molecule has 2 aliphatic heterocycles. The number of allylic oxidation sites excluding steroid dienone is 1. The summed E-state index contributed by atoms with van der Waals surface area (Å²) in [7, 11) is 0. The van der Waals surface area contributed by atoms with Crippen molar-refractivity contribution >= 4 is 5.97 Å². The summed E-state index contributed by atoms with van der Waals surface area (Å²) in [5, 5.41) is 10.3. The minimum Gasteiger partial charge on any atom is -0.463 e. The van der Waals surface area contributed by atoms with Gasteiger partial charge in [-0.25, -0.2) is 0 Å². The van der Waals surface area contributed by atoms with Crippen LogP contribution in [0.5, 0.6) is 0 Å². The van der Waals surface area contributed by atoms with Crippen LogP contribution in [-0.2, 0) is 19.0 Å². The van der Waals surface area contributed by atoms with Crippen LogP contribution in [0.4, 0.5) is 0 Å². The topological polar surface area (TPSA) is 71.6 Å². The minimum atomic E-state index is -0.445. The molecule has 0 spiro atoms. The first kappa shape index (κ1) is 23.1. The lowest BCUT2D eigenvalue weighted by molar-refractivity contribution is -0.141. The van der Waals surface area contributed by atoms with Gasteiger partial charge < -0.3 is 19.3 Å². The van der Waals surface area contributed by atoms with Crippen molar-refractivity contribution in [3.63, 3.8) is 0 Å². The van der Waals surface area contributed by atoms with E-state index in [1.54, 1.807) is 0 Å². The summed E-state index contributed by atoms with van der Waals surface area (Å²) in [6, 6.07) is 0. The maximum absolute atomic E-state index is 10.9. The maximum Gasteiger partial charge on any atom is 0.302 e. The largest absolute Gasteiger partial charge is 0.463 e. The molecule has 2 heterocycles. The van der Waals surface area contributed by atoms with Crippen LogP contribution in [0.1, 0.15) is 73.6 Å². The number of hydrogen-bond donors (Lipinski definition) is 1. The number of esters is 1. The molecule has 2 rings (SSSR count). The van der Waals surface area contributed by atoms with E-state index >= 15 is 0 Å². The molecule has 0 saturated carbocycles. The van der Waals surface area contributed by atoms with E-state index < -0.39 is 6.10 Å². The first-order valence-corrected chi connectivity index (χ1v) is 10.5. The lowest BCUT2D eigenvalue weighted by Crippen LogP contribution is -2.18. The van der Waals surface area contributed by atoms with Gasteiger partial charge in [0.15, 0.2) is 0 Å². The van der Waals surface area contributed by atoms with Gasteiger partial charge in [0.05, 0.1) is 23.4 Å². The summed E-state index contributed by atoms with van der Waals surface area (Å²) in [6.45, 7) is 16.2. The molecule has 0 aromatic carbocycles. The molecule has 5 nitrogen and oxygen atoms in total. The highest BCUT2D eigenvalue weighted by Crippen LogP contribution is 2.47. The van der Waals surface area contributed by atoms with Crippen LogP contribution in [0.25, 0.3) is 0 Å². The Morgan fingerprint density at radius 3 is 2.39 bits per heavy atom. The van der Waals surface area contributed by atoms with E-state index in [1.807, 2.05) is 6.92 Å². The Labute approximate surface area is 170 Å². The molecule has 28 heavy (non-hydrogen) atoms. The molecule has 0 unspecified atom stereocenters. The fourth-order valence-electron chi connectivity index (χ4n) is 3.57. The zero-order chi connectivity index (χ0) is 21.1. The van der Waals surface area contributed by atoms with Crippen LogP contribution < -0.4 is 0 Å². The molecule has 0 aromatic heterocycles. The van der Waals surface area contributed by atoms with E-state index in [1.165, 1.54) is 6.92 Å². The number of aliphatic hydroxyl groups excluding tert-OH is 1. The van der Waals surface area contributed by atoms with Gasteiger partial charge in [0.1, 0.15) is 12.7 Å². The molecule has 2 aliphatic rings. The normalized spacial score (nSPS) is 32.9. The molecule has 2 fully saturated rings. The summed E-state index contributed by atoms with van der Waals surface area (Å²) in [4.78, 5) is 10.9. The number of rotatable bonds is 12. The second-order valence-electron chi connectivity index (χ2n) is 9.20. The monoisotopic (exact) mass is 394 g/mol. The number of carbonyl (C=O) groups is 1. The van der Waals surface area contributed by atoms with Gasteiger partial charge in [-0.15, -0.1) is 0 Å². The molecular weight excluding hydrogens is 356 g/mol. The third-order valence-corrected chi connectivity index (χ3v) is 6.32. The Morgan fingerprint density at radius 1 is 1.18 bits per heavy atom. The highest BCUT2D eigenvalue weighted by molar-refractivity contribution is 5.65. The Hall–Kier alpha value is -1.17. The van der Waals surface area contributed by atoms with Crippen LogP contribution in [0.2, 0.25) is 0 Å². The van der Waals surface area contributed by atoms with E-state index in [9.17, 15) is 9.90 Å². The molecule has 0 radical (unpaired) electrons. The summed E-state index contributed by atoms with van der Waals surface area (Å²) in [5.41, 5.74) is 1.82. The van der Waals surface area contributed by atoms with Gasteiger partial charge in [0, 0.05) is 6.92 Å². The molecule has 5 atom stereocenters. The molecule has 1 N–H and O–H groups in total. The average molecular weight is 395 g/mol. The van der Waals surface area contributed by atoms with E-state index in [-0.39, 0.29) is 29.4 Å². The number of epoxide rings is 2. The zero-order valence-electron chi connectivity index (χ0n) is 18.4. The van der Waals surface area contributed by atoms with E-state index in [2.05, 4.69) is 40.3 Å². The number of ether oxygens (including phenoxy) is 3. The maximum atomic E-state index is 10.9. The summed E-state index contributed by atoms with van der Waals surface area (Å²) >= 11 is 0. The van der Waals surface area contributed by atoms with Gasteiger partial charge in [0.2, 0.25) is 0 Å². The van der Waals surface area contributed by atoms with Crippen LogP contribution >= 0.6 is 0 Å². The van der Waals surface area contributed by atoms with Crippen molar-refractivity contribution < 1.29 is 24.1 Å². The fourth-order valence-corrected chi connectivity index (χ4v) is 3.57. The molecule has 0 amide bonds. The van der Waals surface area contributed by atoms with Gasteiger partial charge in [-0.1, -0.05) is 32.1 Å². The van der Waals surface area contributed by atoms with E-state index in [4.69, 9.17) is 14.2 Å². The molecular formula is C23H38O5. The highest BCUT2D eigenvalue weighted by Gasteiger charge is 2.56. The Balaban J connectivity index is 1.66. The fraction of sp³-hybridized carbons (Fsp3) is 0.783. The first-order chi connectivity index (χ1) is 13.0. The summed E-state index contributed by atoms with van der Waals surface area (Å²) in [6.07, 6.45) is 6.27. The third kappa shape index (κ3) is 6.43. The average Bonchev–Trinajstić information content (AvgIpc) is 3.46. The third-order valence-electron chi connectivity index (χ3n) is 6.32. The van der Waals surface area contributed by atoms with Crippen molar-refractivity contribution in [2.45, 2.75) is 103 Å². The van der Waals surface area contributed by atoms with Crippen molar-refractivity contribution in [3.8, 4) is 0 Å². The van der Waals surface area contributed by atoms with E-state index in [0.29, 0.717) is 18.9 Å². The van der Waals surface area contributed by atoms with Crippen molar-refractivity contribution in [1.82, 2.24) is 0 Å². The zero-order valence-corrected chi connectivity index (χ0v) is 18.4. The van der Waals surface area contributed by atoms with Crippen LogP contribution in [0.3, 0.4) is 0 Å². The van der Waals surface area contributed by atoms with Gasteiger partial charge in [-0.3, -0.25) is 4.79 Å². The standard InChI is InChI=1S/C23H38O5/c1-15(2)17(4)13-19(25)16(3)9-8-11-22(6)20(27-22)10-12-23(7)21(28-23)14-26-18(5)24/h9,15,19-21,25H,4,8,10-14H2,1-3,5-7H3/b16-9+/t19-,20-,21-,22+,23-/m1/s1. The van der Waals surface area contributed by atoms with Crippen molar-refractivity contribution in [2.24, 2.45) is 5.92 Å². The Morgan fingerprint density at radius 2 is 1.79 bits per heavy atom. The molecule has 160 valence electrons. The quantitative estimate of drug-likeness (QED) is 0.303. The highest BCUT2D eigenvalue weighted by atomic mass is 16.6. The molecule has 5 heteroatoms. The number of aliphatic hydroxyl groups is 1. The van der Waals surface area contributed by atoms with Gasteiger partial charge in [-0.05, 0) is 64.4 Å². The molecule has 0 aliphatic carbocycles.